The number of hydrogen-bond acceptors (Lipinski definition) is 6. The van der Waals surface area contributed by atoms with Gasteiger partial charge in [0, 0.05) is 54.9 Å². The molecule has 0 saturated carbocycles. The van der Waals surface area contributed by atoms with Crippen molar-refractivity contribution in [2.45, 2.75) is 26.0 Å². The lowest BCUT2D eigenvalue weighted by molar-refractivity contribution is 0.0356. The monoisotopic (exact) mass is 489 g/mol. The van der Waals surface area contributed by atoms with Gasteiger partial charge in [0.25, 0.3) is 5.91 Å². The van der Waals surface area contributed by atoms with Crippen molar-refractivity contribution in [1.29, 1.82) is 0 Å². The van der Waals surface area contributed by atoms with Crippen LogP contribution in [0.5, 0.6) is 5.88 Å². The summed E-state index contributed by atoms with van der Waals surface area (Å²) in [4.78, 5) is 38.2. The first-order chi connectivity index (χ1) is 17.4. The number of aliphatic hydroxyl groups excluding tert-OH is 1. The topological polar surface area (TPSA) is 108 Å². The molecule has 0 bridgehead atoms. The molecule has 0 unspecified atom stereocenters. The number of rotatable bonds is 6. The summed E-state index contributed by atoms with van der Waals surface area (Å²) in [5.74, 6) is -0.190. The number of aliphatic hydroxyl groups is 1. The number of carbonyl (C=O) groups is 2. The molecule has 0 aliphatic carbocycles. The summed E-state index contributed by atoms with van der Waals surface area (Å²) in [6.07, 6.45) is 4.60. The van der Waals surface area contributed by atoms with Crippen LogP contribution < -0.4 is 10.1 Å². The Balaban J connectivity index is 1.62. The van der Waals surface area contributed by atoms with Crippen LogP contribution in [0.2, 0.25) is 0 Å². The number of pyridine rings is 2. The van der Waals surface area contributed by atoms with Crippen LogP contribution >= 0.6 is 0 Å². The second kappa shape index (κ2) is 11.2. The maximum atomic E-state index is 13.6. The molecule has 1 aliphatic rings. The fourth-order valence-corrected chi connectivity index (χ4v) is 4.10. The summed E-state index contributed by atoms with van der Waals surface area (Å²) in [6, 6.07) is 14.0. The summed E-state index contributed by atoms with van der Waals surface area (Å²) >= 11 is 0. The van der Waals surface area contributed by atoms with Crippen molar-refractivity contribution in [2.75, 3.05) is 32.1 Å². The normalized spacial score (nSPS) is 18.3. The number of nitrogens with zero attached hydrogens (tertiary/aromatic N) is 4. The Bertz CT molecular complexity index is 1190. The molecule has 36 heavy (non-hydrogen) atoms. The molecule has 3 atom stereocenters. The van der Waals surface area contributed by atoms with Gasteiger partial charge in [0.1, 0.15) is 11.7 Å². The number of ether oxygens (including phenoxy) is 1. The van der Waals surface area contributed by atoms with Crippen LogP contribution in [0.15, 0.2) is 67.1 Å². The van der Waals surface area contributed by atoms with Crippen LogP contribution in [0.25, 0.3) is 11.1 Å². The van der Waals surface area contributed by atoms with Crippen molar-refractivity contribution in [1.82, 2.24) is 19.8 Å². The first-order valence-electron chi connectivity index (χ1n) is 11.9. The molecule has 2 aromatic heterocycles. The van der Waals surface area contributed by atoms with E-state index in [4.69, 9.17) is 4.74 Å². The van der Waals surface area contributed by atoms with Crippen molar-refractivity contribution in [3.05, 3.63) is 72.7 Å². The van der Waals surface area contributed by atoms with Crippen LogP contribution in [0.4, 0.5) is 10.5 Å². The first-order valence-corrected chi connectivity index (χ1v) is 11.9. The maximum Gasteiger partial charge on any atom is 0.321 e. The molecule has 1 aromatic carbocycles. The molecule has 0 spiro atoms. The fourth-order valence-electron chi connectivity index (χ4n) is 4.10. The van der Waals surface area contributed by atoms with Gasteiger partial charge in [0.2, 0.25) is 5.88 Å². The summed E-state index contributed by atoms with van der Waals surface area (Å²) in [5.41, 5.74) is 2.57. The van der Waals surface area contributed by atoms with Crippen LogP contribution in [-0.2, 0) is 0 Å². The SMILES string of the molecule is C[C@H]1CN([C@@H](C)CO)C(=O)c2cc(-c3cccnc3)cnc2O[C@H]1CN(C)C(=O)Nc1ccccc1. The molecule has 3 aromatic rings. The summed E-state index contributed by atoms with van der Waals surface area (Å²) < 4.78 is 6.28. The van der Waals surface area contributed by atoms with Crippen LogP contribution in [0.3, 0.4) is 0 Å². The van der Waals surface area contributed by atoms with Gasteiger partial charge in [-0.25, -0.2) is 9.78 Å². The van der Waals surface area contributed by atoms with E-state index in [-0.39, 0.29) is 36.9 Å². The van der Waals surface area contributed by atoms with Crippen molar-refractivity contribution in [3.63, 3.8) is 0 Å². The third kappa shape index (κ3) is 5.63. The summed E-state index contributed by atoms with van der Waals surface area (Å²) in [6.45, 7) is 4.23. The third-order valence-corrected chi connectivity index (χ3v) is 6.34. The molecule has 3 heterocycles. The van der Waals surface area contributed by atoms with Gasteiger partial charge in [-0.15, -0.1) is 0 Å². The average molecular weight is 490 g/mol. The molecule has 3 amide bonds. The average Bonchev–Trinajstić information content (AvgIpc) is 2.91. The zero-order valence-corrected chi connectivity index (χ0v) is 20.7. The van der Waals surface area contributed by atoms with Gasteiger partial charge < -0.3 is 25.0 Å². The van der Waals surface area contributed by atoms with Crippen molar-refractivity contribution < 1.29 is 19.4 Å². The fraction of sp³-hybridized carbons (Fsp3) is 0.333. The van der Waals surface area contributed by atoms with Crippen molar-refractivity contribution >= 4 is 17.6 Å². The predicted octanol–water partition coefficient (Wildman–Crippen LogP) is 3.53. The molecule has 9 heteroatoms. The molecule has 4 rings (SSSR count). The molecule has 9 nitrogen and oxygen atoms in total. The lowest BCUT2D eigenvalue weighted by Crippen LogP contribution is -2.50. The van der Waals surface area contributed by atoms with E-state index in [0.29, 0.717) is 17.8 Å². The molecule has 188 valence electrons. The van der Waals surface area contributed by atoms with E-state index < -0.39 is 12.1 Å². The minimum Gasteiger partial charge on any atom is -0.472 e. The van der Waals surface area contributed by atoms with E-state index >= 15 is 0 Å². The van der Waals surface area contributed by atoms with Gasteiger partial charge in [-0.1, -0.05) is 31.2 Å². The van der Waals surface area contributed by atoms with E-state index in [1.54, 1.807) is 48.4 Å². The summed E-state index contributed by atoms with van der Waals surface area (Å²) in [7, 11) is 1.70. The van der Waals surface area contributed by atoms with E-state index in [9.17, 15) is 14.7 Å². The number of benzene rings is 1. The molecule has 2 N–H and O–H groups in total. The second-order valence-electron chi connectivity index (χ2n) is 9.12. The number of nitrogens with one attached hydrogen (secondary N) is 1. The highest BCUT2D eigenvalue weighted by Gasteiger charge is 2.34. The molecule has 0 fully saturated rings. The van der Waals surface area contributed by atoms with E-state index in [1.807, 2.05) is 49.4 Å². The van der Waals surface area contributed by atoms with Gasteiger partial charge in [-0.3, -0.25) is 9.78 Å². The Hall–Kier alpha value is -3.98. The lowest BCUT2D eigenvalue weighted by atomic mass is 9.99. The largest absolute Gasteiger partial charge is 0.472 e. The van der Waals surface area contributed by atoms with Gasteiger partial charge in [0.05, 0.1) is 19.2 Å². The smallest absolute Gasteiger partial charge is 0.321 e. The minimum atomic E-state index is -0.437. The number of anilines is 1. The highest BCUT2D eigenvalue weighted by Crippen LogP contribution is 2.30. The summed E-state index contributed by atoms with van der Waals surface area (Å²) in [5, 5.41) is 12.7. The Kier molecular flexibility index (Phi) is 7.80. The number of amides is 3. The zero-order valence-electron chi connectivity index (χ0n) is 20.7. The Morgan fingerprint density at radius 1 is 1.22 bits per heavy atom. The third-order valence-electron chi connectivity index (χ3n) is 6.34. The number of urea groups is 1. The molecule has 1 aliphatic heterocycles. The van der Waals surface area contributed by atoms with Crippen LogP contribution in [-0.4, -0.2) is 75.7 Å². The lowest BCUT2D eigenvalue weighted by Gasteiger charge is -2.37. The number of carbonyl (C=O) groups excluding carboxylic acids is 2. The molecular weight excluding hydrogens is 458 g/mol. The maximum absolute atomic E-state index is 13.6. The highest BCUT2D eigenvalue weighted by molar-refractivity contribution is 5.98. The van der Waals surface area contributed by atoms with Gasteiger partial charge in [0.15, 0.2) is 0 Å². The number of aromatic nitrogens is 2. The Morgan fingerprint density at radius 3 is 2.69 bits per heavy atom. The molecular formula is C27H31N5O4. The van der Waals surface area contributed by atoms with Crippen molar-refractivity contribution in [3.8, 4) is 17.0 Å². The zero-order chi connectivity index (χ0) is 25.7. The van der Waals surface area contributed by atoms with Gasteiger partial charge in [-0.05, 0) is 31.2 Å². The number of para-hydroxylation sites is 1. The van der Waals surface area contributed by atoms with Crippen LogP contribution in [0.1, 0.15) is 24.2 Å². The Morgan fingerprint density at radius 2 is 2.00 bits per heavy atom. The van der Waals surface area contributed by atoms with E-state index in [2.05, 4.69) is 15.3 Å². The highest BCUT2D eigenvalue weighted by atomic mass is 16.5. The minimum absolute atomic E-state index is 0.136. The standard InChI is InChI=1S/C27H31N5O4/c1-18-15-32(19(2)17-33)26(34)23-12-21(20-8-7-11-28-13-20)14-29-25(23)36-24(18)16-31(3)27(35)30-22-9-5-4-6-10-22/h4-14,18-19,24,33H,15-17H2,1-3H3,(H,30,35)/t18-,19-,24-/m0/s1. The Labute approximate surface area is 210 Å². The molecule has 0 radical (unpaired) electrons. The first kappa shape index (κ1) is 25.1. The number of fused-ring (bicyclic) bond motifs is 1. The van der Waals surface area contributed by atoms with Gasteiger partial charge >= 0.3 is 6.03 Å². The second-order valence-corrected chi connectivity index (χ2v) is 9.12. The molecule has 0 saturated heterocycles. The number of hydrogen-bond donors (Lipinski definition) is 2. The van der Waals surface area contributed by atoms with E-state index in [0.717, 1.165) is 11.1 Å². The van der Waals surface area contributed by atoms with Crippen molar-refractivity contribution in [2.24, 2.45) is 5.92 Å². The number of likely N-dealkylation sites (N-methyl/N-ethyl adjacent to an activating group) is 1. The van der Waals surface area contributed by atoms with Gasteiger partial charge in [-0.2, -0.15) is 0 Å². The van der Waals surface area contributed by atoms with E-state index in [1.165, 1.54) is 0 Å². The predicted molar refractivity (Wildman–Crippen MR) is 137 cm³/mol. The quantitative estimate of drug-likeness (QED) is 0.549. The van der Waals surface area contributed by atoms with Crippen LogP contribution in [0, 0.1) is 5.92 Å².